The summed E-state index contributed by atoms with van der Waals surface area (Å²) in [5, 5.41) is 6.01. The smallest absolute Gasteiger partial charge is 0.302 e. The average Bonchev–Trinajstić information content (AvgIpc) is 3.13. The molecule has 0 aliphatic heterocycles. The van der Waals surface area contributed by atoms with Gasteiger partial charge in [-0.15, -0.1) is 6.58 Å². The van der Waals surface area contributed by atoms with Gasteiger partial charge in [-0.2, -0.15) is 0 Å². The van der Waals surface area contributed by atoms with Gasteiger partial charge >= 0.3 is 5.97 Å². The van der Waals surface area contributed by atoms with Crippen LogP contribution in [0.1, 0.15) is 119 Å². The average molecular weight is 811 g/mol. The number of carbonyl (C=O) groups excluding carboxylic acids is 7. The maximum absolute atomic E-state index is 12.3. The summed E-state index contributed by atoms with van der Waals surface area (Å²) in [6.07, 6.45) is 16.4. The lowest BCUT2D eigenvalue weighted by Gasteiger charge is -2.32. The van der Waals surface area contributed by atoms with Crippen LogP contribution in [0.25, 0.3) is 0 Å². The molecule has 14 heteroatoms. The van der Waals surface area contributed by atoms with Crippen LogP contribution in [-0.2, 0) is 28.7 Å². The Balaban J connectivity index is -0.000000172. The first-order chi connectivity index (χ1) is 25.6. The fraction of sp³-hybridized carbons (Fsp3) is 0.465. The molecule has 3 atom stereocenters. The number of ether oxygens (including phenoxy) is 1. The number of Topliss-reactive ketones (excluding diaryl/α,β-unsaturated/α-hetero) is 4. The van der Waals surface area contributed by atoms with Crippen molar-refractivity contribution in [2.75, 3.05) is 6.61 Å². The summed E-state index contributed by atoms with van der Waals surface area (Å²) in [6.45, 7) is 16.7. The summed E-state index contributed by atoms with van der Waals surface area (Å²) in [7, 11) is 0. The quantitative estimate of drug-likeness (QED) is 0.108. The van der Waals surface area contributed by atoms with Crippen LogP contribution >= 0.6 is 0 Å². The SMILES string of the molecule is C.C/C=C/CC(C(C)=O)C(C)=O.C/C=C/COC(C)=O.C=CC(C)C(C(C)=O)C(C)=O.F.F.O=C(NC1CCCC[C@H]1NC(=O)c1ccccn1)c1ccccn1.[3HH].[3HH]. The Morgan fingerprint density at radius 3 is 1.46 bits per heavy atom. The Kier molecular flexibility index (Phi) is 34.5. The maximum atomic E-state index is 12.3. The van der Waals surface area contributed by atoms with E-state index in [1.165, 1.54) is 34.6 Å². The van der Waals surface area contributed by atoms with Gasteiger partial charge in [0.2, 0.25) is 0 Å². The molecule has 0 aromatic carbocycles. The lowest BCUT2D eigenvalue weighted by Crippen LogP contribution is -2.53. The number of halogens is 2. The monoisotopic (exact) mass is 811 g/mol. The van der Waals surface area contributed by atoms with Crippen LogP contribution in [0, 0.1) is 17.8 Å². The van der Waals surface area contributed by atoms with E-state index in [0.29, 0.717) is 24.4 Å². The highest BCUT2D eigenvalue weighted by molar-refractivity contribution is 6.01. The van der Waals surface area contributed by atoms with Crippen LogP contribution in [0.2, 0.25) is 0 Å². The molecule has 57 heavy (non-hydrogen) atoms. The highest BCUT2D eigenvalue weighted by Crippen LogP contribution is 2.19. The zero-order valence-corrected chi connectivity index (χ0v) is 33.8. The van der Waals surface area contributed by atoms with E-state index < -0.39 is 11.8 Å². The van der Waals surface area contributed by atoms with Crippen LogP contribution in [0.15, 0.2) is 85.8 Å². The van der Waals surface area contributed by atoms with Gasteiger partial charge in [-0.3, -0.25) is 52.9 Å². The fourth-order valence-corrected chi connectivity index (χ4v) is 5.27. The number of pyridine rings is 2. The molecule has 2 aromatic rings. The van der Waals surface area contributed by atoms with Crippen molar-refractivity contribution in [3.8, 4) is 0 Å². The molecule has 322 valence electrons. The molecule has 3 rings (SSSR count). The lowest BCUT2D eigenvalue weighted by atomic mass is 9.88. The first-order valence-corrected chi connectivity index (χ1v) is 18.0. The number of aromatic nitrogens is 2. The van der Waals surface area contributed by atoms with Crippen molar-refractivity contribution in [3.63, 3.8) is 0 Å². The molecule has 2 aromatic heterocycles. The van der Waals surface area contributed by atoms with Crippen LogP contribution in [0.5, 0.6) is 0 Å². The second-order valence-electron chi connectivity index (χ2n) is 12.6. The molecule has 12 nitrogen and oxygen atoms in total. The van der Waals surface area contributed by atoms with E-state index in [1.807, 2.05) is 39.0 Å². The largest absolute Gasteiger partial charge is 0.462 e. The normalized spacial score (nSPS) is 14.4. The molecule has 0 radical (unpaired) electrons. The molecule has 0 spiro atoms. The number of amides is 2. The second kappa shape index (κ2) is 33.8. The zero-order valence-electron chi connectivity index (χ0n) is 33.8. The van der Waals surface area contributed by atoms with Crippen LogP contribution in [0.3, 0.4) is 0 Å². The fourth-order valence-electron chi connectivity index (χ4n) is 5.27. The van der Waals surface area contributed by atoms with Crippen LogP contribution < -0.4 is 10.6 Å². The summed E-state index contributed by atoms with van der Waals surface area (Å²) >= 11 is 0. The number of allylic oxidation sites excluding steroid dienone is 4. The Morgan fingerprint density at radius 1 is 0.754 bits per heavy atom. The number of esters is 1. The van der Waals surface area contributed by atoms with Gasteiger partial charge in [-0.05, 0) is 91.0 Å². The lowest BCUT2D eigenvalue weighted by molar-refractivity contribution is -0.140. The Morgan fingerprint density at radius 2 is 1.18 bits per heavy atom. The number of rotatable bonds is 14. The summed E-state index contributed by atoms with van der Waals surface area (Å²) in [5.74, 6) is -1.87. The maximum Gasteiger partial charge on any atom is 0.302 e. The molecule has 1 aliphatic carbocycles. The number of hydrogen-bond acceptors (Lipinski definition) is 10. The number of nitrogens with one attached hydrogen (secondary N) is 2. The minimum atomic E-state index is -0.493. The Bertz CT molecular complexity index is 1490. The predicted octanol–water partition coefficient (Wildman–Crippen LogP) is 7.86. The number of nitrogens with zero attached hydrogens (tertiary/aromatic N) is 2. The predicted molar refractivity (Wildman–Crippen MR) is 225 cm³/mol. The number of carbonyl (C=O) groups is 7. The minimum absolute atomic E-state index is 0. The van der Waals surface area contributed by atoms with Crippen molar-refractivity contribution in [1.29, 1.82) is 0 Å². The first-order valence-electron chi connectivity index (χ1n) is 18.0. The topological polar surface area (TPSA) is 179 Å². The van der Waals surface area contributed by atoms with Gasteiger partial charge in [0.05, 0.1) is 11.8 Å². The van der Waals surface area contributed by atoms with Gasteiger partial charge < -0.3 is 15.4 Å². The Hall–Kier alpha value is -5.53. The minimum Gasteiger partial charge on any atom is -0.462 e. The van der Waals surface area contributed by atoms with E-state index in [-0.39, 0.29) is 78.6 Å². The number of ketones is 4. The van der Waals surface area contributed by atoms with Crippen LogP contribution in [0.4, 0.5) is 9.41 Å². The van der Waals surface area contributed by atoms with Gasteiger partial charge in [0.25, 0.3) is 11.8 Å². The molecule has 2 N–H and O–H groups in total. The molecular weight excluding hydrogens is 738 g/mol. The van der Waals surface area contributed by atoms with E-state index in [0.717, 1.165) is 25.7 Å². The zero-order chi connectivity index (χ0) is 41.1. The molecule has 0 saturated heterocycles. The van der Waals surface area contributed by atoms with Gasteiger partial charge in [0.15, 0.2) is 0 Å². The first kappa shape index (κ1) is 58.2. The molecule has 2 amide bonds. The molecule has 0 bridgehead atoms. The third kappa shape index (κ3) is 25.3. The molecular formula is C43H68F2N4O8. The van der Waals surface area contributed by atoms with Crippen LogP contribution in [-0.4, -0.2) is 69.6 Å². The summed E-state index contributed by atoms with van der Waals surface area (Å²) in [5.41, 5.74) is 0.774. The molecule has 2 unspecified atom stereocenters. The van der Waals surface area contributed by atoms with Gasteiger partial charge in [0, 0.05) is 34.3 Å². The standard InChI is InChI=1S/C18H20N4O2.2C9H14O2.C6H10O2.CH4.2FH.2H2/c23-17(15-9-3-5-11-19-15)21-13-7-1-2-8-14(13)22-18(24)16-10-4-6-12-20-16;1-5-6(2)9(7(3)10)8(4)11;1-4-5-6-9(7(2)10)8(3)11;1-3-4-5-8-6(2)7;;;;;/h3-6,9-14H,1-2,7-8H2,(H,21,23)(H,22,24);5-6,9H,1H2,2-4H3;4-5,9H,6H2,1-3H3;3-4H,5H2,1-2H3;1H4;4*1H/b;;5-4+;4-3+;;;;;/t13-,14?;;;;;;;;/m1......../s1/i;;;;;;;2*1+2. The van der Waals surface area contributed by atoms with Crippen molar-refractivity contribution in [2.45, 2.75) is 107 Å². The van der Waals surface area contributed by atoms with Crippen molar-refractivity contribution in [2.24, 2.45) is 17.8 Å². The van der Waals surface area contributed by atoms with E-state index in [9.17, 15) is 33.6 Å². The van der Waals surface area contributed by atoms with E-state index >= 15 is 0 Å². The summed E-state index contributed by atoms with van der Waals surface area (Å²) in [6, 6.07) is 10.3. The Labute approximate surface area is 340 Å². The van der Waals surface area contributed by atoms with E-state index in [1.54, 1.807) is 60.9 Å². The highest BCUT2D eigenvalue weighted by Gasteiger charge is 2.29. The van der Waals surface area contributed by atoms with Crippen molar-refractivity contribution in [3.05, 3.63) is 97.1 Å². The van der Waals surface area contributed by atoms with E-state index in [4.69, 9.17) is 0 Å². The third-order valence-electron chi connectivity index (χ3n) is 8.17. The second-order valence-corrected chi connectivity index (χ2v) is 12.6. The van der Waals surface area contributed by atoms with Gasteiger partial charge in [-0.25, -0.2) is 0 Å². The molecule has 1 aliphatic rings. The van der Waals surface area contributed by atoms with Crippen molar-refractivity contribution in [1.82, 2.24) is 20.6 Å². The molecule has 2 heterocycles. The van der Waals surface area contributed by atoms with Crippen molar-refractivity contribution < 1.29 is 50.6 Å². The summed E-state index contributed by atoms with van der Waals surface area (Å²) in [4.78, 5) is 86.3. The number of hydrogen-bond donors (Lipinski definition) is 2. The molecule has 1 saturated carbocycles. The highest BCUT2D eigenvalue weighted by atomic mass is 19.0. The van der Waals surface area contributed by atoms with Gasteiger partial charge in [0.1, 0.15) is 41.1 Å². The van der Waals surface area contributed by atoms with E-state index in [2.05, 4.69) is 31.9 Å². The van der Waals surface area contributed by atoms with Crippen molar-refractivity contribution >= 4 is 40.9 Å². The summed E-state index contributed by atoms with van der Waals surface area (Å²) < 4.78 is 4.56. The molecule has 1 fully saturated rings. The third-order valence-corrected chi connectivity index (χ3v) is 8.17. The van der Waals surface area contributed by atoms with Gasteiger partial charge in [-0.1, -0.05) is 69.7 Å².